The first-order valence-electron chi connectivity index (χ1n) is 5.48. The summed E-state index contributed by atoms with van der Waals surface area (Å²) in [4.78, 5) is 11.5. The fourth-order valence-electron chi connectivity index (χ4n) is 1.59. The number of aryl methyl sites for hydroxylation is 1. The molecule has 90 valence electrons. The molecule has 0 spiro atoms. The van der Waals surface area contributed by atoms with Crippen molar-refractivity contribution in [2.45, 2.75) is 26.3 Å². The molecule has 4 nitrogen and oxygen atoms in total. The van der Waals surface area contributed by atoms with Crippen molar-refractivity contribution >= 4 is 11.7 Å². The second kappa shape index (κ2) is 5.90. The largest absolute Gasteiger partial charge is 0.467 e. The van der Waals surface area contributed by atoms with E-state index in [0.717, 1.165) is 5.56 Å². The molecule has 0 aromatic heterocycles. The predicted octanol–water partition coefficient (Wildman–Crippen LogP) is 2.23. The number of rotatable bonds is 4. The molecule has 1 aromatic carbocycles. The summed E-state index contributed by atoms with van der Waals surface area (Å²) < 4.78 is 4.69. The number of nitrogens with one attached hydrogen (secondary N) is 1. The first-order chi connectivity index (χ1) is 8.13. The van der Waals surface area contributed by atoms with E-state index in [4.69, 9.17) is 10.00 Å². The highest BCUT2D eigenvalue weighted by Gasteiger charge is 2.18. The predicted molar refractivity (Wildman–Crippen MR) is 65.6 cm³/mol. The summed E-state index contributed by atoms with van der Waals surface area (Å²) in [6.07, 6.45) is 0.603. The number of hydrogen-bond acceptors (Lipinski definition) is 4. The monoisotopic (exact) mass is 232 g/mol. The van der Waals surface area contributed by atoms with Crippen LogP contribution in [0.3, 0.4) is 0 Å². The van der Waals surface area contributed by atoms with Gasteiger partial charge in [-0.3, -0.25) is 0 Å². The molecule has 0 aliphatic carbocycles. The minimum Gasteiger partial charge on any atom is -0.467 e. The fourth-order valence-corrected chi connectivity index (χ4v) is 1.59. The lowest BCUT2D eigenvalue weighted by Crippen LogP contribution is -2.30. The number of methoxy groups -OCH3 is 1. The SMILES string of the molecule is CCC(Nc1cccc(C)c1C#N)C(=O)OC. The number of anilines is 1. The van der Waals surface area contributed by atoms with E-state index < -0.39 is 6.04 Å². The average Bonchev–Trinajstić information content (AvgIpc) is 2.35. The maximum Gasteiger partial charge on any atom is 0.328 e. The van der Waals surface area contributed by atoms with Gasteiger partial charge in [-0.15, -0.1) is 0 Å². The van der Waals surface area contributed by atoms with Gasteiger partial charge in [0.15, 0.2) is 0 Å². The zero-order chi connectivity index (χ0) is 12.8. The number of benzene rings is 1. The van der Waals surface area contributed by atoms with Gasteiger partial charge in [-0.05, 0) is 25.0 Å². The molecule has 0 radical (unpaired) electrons. The lowest BCUT2D eigenvalue weighted by atomic mass is 10.1. The third kappa shape index (κ3) is 2.97. The topological polar surface area (TPSA) is 62.1 Å². The lowest BCUT2D eigenvalue weighted by molar-refractivity contribution is -0.141. The minimum absolute atomic E-state index is 0.321. The van der Waals surface area contributed by atoms with E-state index >= 15 is 0 Å². The zero-order valence-corrected chi connectivity index (χ0v) is 10.3. The average molecular weight is 232 g/mol. The Labute approximate surface area is 101 Å². The number of nitriles is 1. The van der Waals surface area contributed by atoms with Crippen LogP contribution < -0.4 is 5.32 Å². The Morgan fingerprint density at radius 3 is 2.82 bits per heavy atom. The van der Waals surface area contributed by atoms with Gasteiger partial charge in [0.2, 0.25) is 0 Å². The van der Waals surface area contributed by atoms with Crippen LogP contribution >= 0.6 is 0 Å². The van der Waals surface area contributed by atoms with Gasteiger partial charge >= 0.3 is 5.97 Å². The maximum absolute atomic E-state index is 11.5. The van der Waals surface area contributed by atoms with Gasteiger partial charge in [-0.1, -0.05) is 19.1 Å². The molecule has 0 saturated heterocycles. The van der Waals surface area contributed by atoms with Crippen LogP contribution in [0.4, 0.5) is 5.69 Å². The minimum atomic E-state index is -0.422. The molecule has 17 heavy (non-hydrogen) atoms. The summed E-state index contributed by atoms with van der Waals surface area (Å²) in [5, 5.41) is 12.1. The van der Waals surface area contributed by atoms with Crippen molar-refractivity contribution < 1.29 is 9.53 Å². The molecule has 4 heteroatoms. The summed E-state index contributed by atoms with van der Waals surface area (Å²) in [5.74, 6) is -0.321. The number of esters is 1. The standard InChI is InChI=1S/C13H16N2O2/c1-4-11(13(16)17-3)15-12-7-5-6-9(2)10(12)8-14/h5-7,11,15H,4H2,1-3H3. The zero-order valence-electron chi connectivity index (χ0n) is 10.3. The highest BCUT2D eigenvalue weighted by atomic mass is 16.5. The molecule has 1 N–H and O–H groups in total. The summed E-state index contributed by atoms with van der Waals surface area (Å²) in [6.45, 7) is 3.75. The highest BCUT2D eigenvalue weighted by molar-refractivity contribution is 5.80. The molecule has 1 aromatic rings. The van der Waals surface area contributed by atoms with Crippen LogP contribution in [0, 0.1) is 18.3 Å². The van der Waals surface area contributed by atoms with Crippen molar-refractivity contribution in [3.8, 4) is 6.07 Å². The van der Waals surface area contributed by atoms with Crippen molar-refractivity contribution in [2.24, 2.45) is 0 Å². The number of carbonyl (C=O) groups is 1. The van der Waals surface area contributed by atoms with E-state index in [1.807, 2.05) is 26.0 Å². The van der Waals surface area contributed by atoms with Crippen LogP contribution in [0.15, 0.2) is 18.2 Å². The van der Waals surface area contributed by atoms with E-state index in [9.17, 15) is 4.79 Å². The number of nitrogens with zero attached hydrogens (tertiary/aromatic N) is 1. The molecule has 0 bridgehead atoms. The molecule has 0 aliphatic rings. The van der Waals surface area contributed by atoms with Crippen LogP contribution in [0.5, 0.6) is 0 Å². The van der Waals surface area contributed by atoms with Gasteiger partial charge in [-0.25, -0.2) is 4.79 Å². The van der Waals surface area contributed by atoms with Gasteiger partial charge in [0.05, 0.1) is 18.4 Å². The summed E-state index contributed by atoms with van der Waals surface area (Å²) in [6, 6.07) is 7.22. The molecule has 0 amide bonds. The molecule has 0 fully saturated rings. The van der Waals surface area contributed by atoms with E-state index in [-0.39, 0.29) is 5.97 Å². The summed E-state index contributed by atoms with van der Waals surface area (Å²) >= 11 is 0. The van der Waals surface area contributed by atoms with Crippen LogP contribution in [0.25, 0.3) is 0 Å². The van der Waals surface area contributed by atoms with Crippen LogP contribution in [-0.2, 0) is 9.53 Å². The fraction of sp³-hybridized carbons (Fsp3) is 0.385. The van der Waals surface area contributed by atoms with Crippen LogP contribution in [0.1, 0.15) is 24.5 Å². The normalized spacial score (nSPS) is 11.4. The molecule has 0 saturated carbocycles. The molecule has 1 atom stereocenters. The Balaban J connectivity index is 2.98. The second-order valence-corrected chi connectivity index (χ2v) is 3.74. The van der Waals surface area contributed by atoms with Crippen molar-refractivity contribution in [1.82, 2.24) is 0 Å². The van der Waals surface area contributed by atoms with Gasteiger partial charge < -0.3 is 10.1 Å². The van der Waals surface area contributed by atoms with Gasteiger partial charge in [0.25, 0.3) is 0 Å². The molecular weight excluding hydrogens is 216 g/mol. The highest BCUT2D eigenvalue weighted by Crippen LogP contribution is 2.20. The number of carbonyl (C=O) groups excluding carboxylic acids is 1. The first-order valence-corrected chi connectivity index (χ1v) is 5.48. The van der Waals surface area contributed by atoms with E-state index in [1.165, 1.54) is 7.11 Å². The third-order valence-electron chi connectivity index (χ3n) is 2.61. The van der Waals surface area contributed by atoms with Gasteiger partial charge in [-0.2, -0.15) is 5.26 Å². The van der Waals surface area contributed by atoms with E-state index in [0.29, 0.717) is 17.7 Å². The number of ether oxygens (including phenoxy) is 1. The Hall–Kier alpha value is -2.02. The third-order valence-corrected chi connectivity index (χ3v) is 2.61. The Morgan fingerprint density at radius 1 is 1.59 bits per heavy atom. The van der Waals surface area contributed by atoms with Crippen molar-refractivity contribution in [2.75, 3.05) is 12.4 Å². The summed E-state index contributed by atoms with van der Waals surface area (Å²) in [5.41, 5.74) is 2.12. The smallest absolute Gasteiger partial charge is 0.328 e. The van der Waals surface area contributed by atoms with E-state index in [2.05, 4.69) is 11.4 Å². The van der Waals surface area contributed by atoms with Gasteiger partial charge in [0.1, 0.15) is 12.1 Å². The summed E-state index contributed by atoms with van der Waals surface area (Å²) in [7, 11) is 1.36. The Morgan fingerprint density at radius 2 is 2.29 bits per heavy atom. The first kappa shape index (κ1) is 13.0. The van der Waals surface area contributed by atoms with Crippen molar-refractivity contribution in [3.05, 3.63) is 29.3 Å². The Kier molecular flexibility index (Phi) is 4.53. The van der Waals surface area contributed by atoms with E-state index in [1.54, 1.807) is 6.07 Å². The lowest BCUT2D eigenvalue weighted by Gasteiger charge is -2.17. The van der Waals surface area contributed by atoms with Crippen LogP contribution in [0.2, 0.25) is 0 Å². The van der Waals surface area contributed by atoms with Gasteiger partial charge in [0, 0.05) is 0 Å². The molecule has 1 rings (SSSR count). The quantitative estimate of drug-likeness (QED) is 0.808. The molecule has 0 heterocycles. The second-order valence-electron chi connectivity index (χ2n) is 3.74. The molecule has 0 aliphatic heterocycles. The van der Waals surface area contributed by atoms with Crippen molar-refractivity contribution in [3.63, 3.8) is 0 Å². The van der Waals surface area contributed by atoms with Crippen molar-refractivity contribution in [1.29, 1.82) is 5.26 Å². The molecule has 1 unspecified atom stereocenters. The maximum atomic E-state index is 11.5. The molecular formula is C13H16N2O2. The van der Waals surface area contributed by atoms with Crippen LogP contribution in [-0.4, -0.2) is 19.1 Å². The Bertz CT molecular complexity index is 449. The number of hydrogen-bond donors (Lipinski definition) is 1.